The number of nitrogens with two attached hydrogens (primary N) is 2. The molecule has 1 saturated heterocycles. The summed E-state index contributed by atoms with van der Waals surface area (Å²) in [7, 11) is 0.469. The molecule has 2 heterocycles. The highest BCUT2D eigenvalue weighted by Gasteiger charge is 2.36. The zero-order chi connectivity index (χ0) is 20.7. The van der Waals surface area contributed by atoms with Crippen LogP contribution < -0.4 is 21.5 Å². The van der Waals surface area contributed by atoms with Crippen LogP contribution in [0.4, 0.5) is 0 Å². The lowest BCUT2D eigenvalue weighted by atomic mass is 9.83. The number of ether oxygens (including phenoxy) is 1. The van der Waals surface area contributed by atoms with Gasteiger partial charge in [0.15, 0.2) is 0 Å². The second-order valence-corrected chi connectivity index (χ2v) is 7.85. The lowest BCUT2D eigenvalue weighted by Crippen LogP contribution is -2.46. The first-order valence-corrected chi connectivity index (χ1v) is 11.6. The summed E-state index contributed by atoms with van der Waals surface area (Å²) < 4.78 is 10.8. The molecule has 0 saturated carbocycles. The van der Waals surface area contributed by atoms with Gasteiger partial charge in [-0.05, 0) is 49.6 Å². The van der Waals surface area contributed by atoms with Gasteiger partial charge in [0.25, 0.3) is 0 Å². The van der Waals surface area contributed by atoms with Crippen molar-refractivity contribution in [1.29, 1.82) is 0 Å². The number of nitrogens with zero attached hydrogens (tertiary/aromatic N) is 1. The fourth-order valence-electron chi connectivity index (χ4n) is 3.71. The molecule has 0 amide bonds. The fraction of sp³-hybridized carbons (Fsp3) is 0.348. The summed E-state index contributed by atoms with van der Waals surface area (Å²) in [5.74, 6) is 1.58. The maximum atomic E-state index is 6.45. The van der Waals surface area contributed by atoms with Crippen molar-refractivity contribution in [3.63, 3.8) is 0 Å². The van der Waals surface area contributed by atoms with Crippen molar-refractivity contribution in [1.82, 2.24) is 5.32 Å². The standard InChI is InChI=1S/C21H24N3OP.C2H7N/c1-26-24-20(22)16-8-6-15(7-9-16)18-14-21(10-12-23-13-11-21)25-19-5-3-2-4-17(18)19;1-2-3/h2-9,14,23,26H,10-13H2,1H3,(H2,22,24);2-3H2,1H3. The van der Waals surface area contributed by atoms with E-state index in [9.17, 15) is 0 Å². The maximum Gasteiger partial charge on any atom is 0.130 e. The number of fused-ring (bicyclic) bond motifs is 1. The normalized spacial score (nSPS) is 17.9. The Labute approximate surface area is 175 Å². The predicted octanol–water partition coefficient (Wildman–Crippen LogP) is 3.53. The molecule has 29 heavy (non-hydrogen) atoms. The molecule has 1 spiro atoms. The molecule has 1 fully saturated rings. The minimum Gasteiger partial charge on any atom is -0.482 e. The average molecular weight is 411 g/mol. The van der Waals surface area contributed by atoms with Crippen LogP contribution in [0.25, 0.3) is 5.57 Å². The smallest absolute Gasteiger partial charge is 0.130 e. The van der Waals surface area contributed by atoms with Crippen LogP contribution in [-0.2, 0) is 0 Å². The first-order valence-electron chi connectivity index (χ1n) is 10.1. The molecule has 2 aromatic carbocycles. The minimum atomic E-state index is -0.211. The fourth-order valence-corrected chi connectivity index (χ4v) is 4.08. The molecule has 0 radical (unpaired) electrons. The zero-order valence-corrected chi connectivity index (χ0v) is 18.2. The largest absolute Gasteiger partial charge is 0.482 e. The van der Waals surface area contributed by atoms with Crippen molar-refractivity contribution >= 4 is 20.1 Å². The molecule has 5 N–H and O–H groups in total. The maximum absolute atomic E-state index is 6.45. The second kappa shape index (κ2) is 10.0. The number of amidine groups is 1. The third-order valence-electron chi connectivity index (χ3n) is 5.07. The van der Waals surface area contributed by atoms with Gasteiger partial charge in [-0.1, -0.05) is 49.4 Å². The van der Waals surface area contributed by atoms with Gasteiger partial charge in [0.1, 0.15) is 17.2 Å². The molecule has 1 unspecified atom stereocenters. The van der Waals surface area contributed by atoms with E-state index in [2.05, 4.69) is 58.6 Å². The number of benzene rings is 2. The lowest BCUT2D eigenvalue weighted by Gasteiger charge is -2.40. The first kappa shape index (κ1) is 21.5. The Morgan fingerprint density at radius 1 is 1.14 bits per heavy atom. The van der Waals surface area contributed by atoms with Crippen molar-refractivity contribution in [2.75, 3.05) is 26.3 Å². The van der Waals surface area contributed by atoms with Gasteiger partial charge in [0, 0.05) is 32.7 Å². The molecule has 0 aliphatic carbocycles. The molecule has 6 heteroatoms. The Bertz CT molecular complexity index is 871. The number of rotatable bonds is 3. The first-order chi connectivity index (χ1) is 14.1. The van der Waals surface area contributed by atoms with Gasteiger partial charge in [-0.15, -0.1) is 0 Å². The summed E-state index contributed by atoms with van der Waals surface area (Å²) in [6.07, 6.45) is 4.30. The molecule has 4 rings (SSSR count). The zero-order valence-electron chi connectivity index (χ0n) is 17.2. The Hall–Kier alpha value is -2.20. The van der Waals surface area contributed by atoms with Crippen molar-refractivity contribution < 1.29 is 4.74 Å². The van der Waals surface area contributed by atoms with E-state index >= 15 is 0 Å². The van der Waals surface area contributed by atoms with Crippen LogP contribution in [0, 0.1) is 0 Å². The molecule has 1 atom stereocenters. The molecule has 0 bridgehead atoms. The van der Waals surface area contributed by atoms with Crippen LogP contribution >= 0.6 is 8.73 Å². The molecular formula is C23H31N4OP. The average Bonchev–Trinajstić information content (AvgIpc) is 2.75. The minimum absolute atomic E-state index is 0.211. The van der Waals surface area contributed by atoms with Crippen molar-refractivity contribution in [2.24, 2.45) is 16.2 Å². The third kappa shape index (κ3) is 5.05. The number of hydrogen-bond donors (Lipinski definition) is 3. The molecule has 2 aliphatic heterocycles. The molecule has 5 nitrogen and oxygen atoms in total. The van der Waals surface area contributed by atoms with Crippen LogP contribution in [0.5, 0.6) is 5.75 Å². The van der Waals surface area contributed by atoms with E-state index in [1.807, 2.05) is 19.7 Å². The quantitative estimate of drug-likeness (QED) is 0.411. The van der Waals surface area contributed by atoms with E-state index in [1.165, 1.54) is 11.1 Å². The molecule has 154 valence electrons. The van der Waals surface area contributed by atoms with Crippen molar-refractivity contribution in [3.05, 3.63) is 71.3 Å². The number of piperidine rings is 1. The van der Waals surface area contributed by atoms with Crippen LogP contribution in [-0.4, -0.2) is 37.7 Å². The number of hydrogen-bond acceptors (Lipinski definition) is 4. The van der Waals surface area contributed by atoms with Gasteiger partial charge in [-0.3, -0.25) is 0 Å². The molecular weight excluding hydrogens is 379 g/mol. The van der Waals surface area contributed by atoms with E-state index in [1.54, 1.807) is 0 Å². The summed E-state index contributed by atoms with van der Waals surface area (Å²) >= 11 is 0. The summed E-state index contributed by atoms with van der Waals surface area (Å²) in [6, 6.07) is 16.7. The number of nitrogens with one attached hydrogen (secondary N) is 1. The van der Waals surface area contributed by atoms with Crippen LogP contribution in [0.3, 0.4) is 0 Å². The summed E-state index contributed by atoms with van der Waals surface area (Å²) in [6.45, 7) is 6.63. The molecule has 0 aromatic heterocycles. The van der Waals surface area contributed by atoms with Crippen molar-refractivity contribution in [3.8, 4) is 5.75 Å². The Morgan fingerprint density at radius 3 is 2.45 bits per heavy atom. The molecule has 2 aliphatic rings. The van der Waals surface area contributed by atoms with E-state index in [-0.39, 0.29) is 5.60 Å². The third-order valence-corrected chi connectivity index (χ3v) is 5.54. The predicted molar refractivity (Wildman–Crippen MR) is 125 cm³/mol. The Morgan fingerprint density at radius 2 is 1.79 bits per heavy atom. The highest BCUT2D eigenvalue weighted by molar-refractivity contribution is 7.35. The van der Waals surface area contributed by atoms with Gasteiger partial charge < -0.3 is 21.5 Å². The summed E-state index contributed by atoms with van der Waals surface area (Å²) in [4.78, 5) is 0. The van der Waals surface area contributed by atoms with Crippen LogP contribution in [0.15, 0.2) is 59.4 Å². The summed E-state index contributed by atoms with van der Waals surface area (Å²) in [5.41, 5.74) is 15.2. The van der Waals surface area contributed by atoms with E-state index in [0.29, 0.717) is 14.6 Å². The second-order valence-electron chi connectivity index (χ2n) is 7.18. The van der Waals surface area contributed by atoms with E-state index in [4.69, 9.17) is 16.2 Å². The van der Waals surface area contributed by atoms with Gasteiger partial charge in [0.2, 0.25) is 0 Å². The Balaban J connectivity index is 0.000000755. The van der Waals surface area contributed by atoms with E-state index in [0.717, 1.165) is 49.4 Å². The highest BCUT2D eigenvalue weighted by atomic mass is 31.1. The van der Waals surface area contributed by atoms with E-state index < -0.39 is 0 Å². The topological polar surface area (TPSA) is 85.7 Å². The highest BCUT2D eigenvalue weighted by Crippen LogP contribution is 2.42. The van der Waals surface area contributed by atoms with Crippen molar-refractivity contribution in [2.45, 2.75) is 25.4 Å². The monoisotopic (exact) mass is 410 g/mol. The number of para-hydroxylation sites is 1. The SMILES string of the molecule is CCN.CP/N=C(\N)c1ccc(C2=CC3(CCNCC3)Oc3ccccc32)cc1. The molecule has 2 aromatic rings. The van der Waals surface area contributed by atoms with Crippen LogP contribution in [0.2, 0.25) is 0 Å². The van der Waals surface area contributed by atoms with Gasteiger partial charge in [-0.2, -0.15) is 0 Å². The van der Waals surface area contributed by atoms with Gasteiger partial charge in [0.05, 0.1) is 0 Å². The van der Waals surface area contributed by atoms with Gasteiger partial charge >= 0.3 is 0 Å². The lowest BCUT2D eigenvalue weighted by molar-refractivity contribution is 0.0817. The van der Waals surface area contributed by atoms with Gasteiger partial charge in [-0.25, -0.2) is 4.76 Å². The van der Waals surface area contributed by atoms with Crippen LogP contribution in [0.1, 0.15) is 36.5 Å². The summed E-state index contributed by atoms with van der Waals surface area (Å²) in [5, 5.41) is 3.43. The Kier molecular flexibility index (Phi) is 7.43.